The quantitative estimate of drug-likeness (QED) is 0.755. The minimum Gasteiger partial charge on any atom is -0.394 e. The van der Waals surface area contributed by atoms with Crippen molar-refractivity contribution >= 4 is 17.0 Å². The number of rotatable bonds is 3. The lowest BCUT2D eigenvalue weighted by Gasteiger charge is -2.00. The van der Waals surface area contributed by atoms with Gasteiger partial charge in [0.15, 0.2) is 0 Å². The number of fused-ring (bicyclic) bond motifs is 1. The lowest BCUT2D eigenvalue weighted by molar-refractivity contribution is 0.307. The predicted molar refractivity (Wildman–Crippen MR) is 63.5 cm³/mol. The Labute approximate surface area is 88.9 Å². The van der Waals surface area contributed by atoms with E-state index in [1.54, 1.807) is 0 Å². The van der Waals surface area contributed by atoms with E-state index in [1.165, 1.54) is 10.8 Å². The van der Waals surface area contributed by atoms with E-state index < -0.39 is 0 Å². The first kappa shape index (κ1) is 9.87. The average Bonchev–Trinajstić information content (AvgIpc) is 2.30. The molecule has 2 heteroatoms. The van der Waals surface area contributed by atoms with Gasteiger partial charge in [-0.1, -0.05) is 42.5 Å². The second kappa shape index (κ2) is 4.71. The Kier molecular flexibility index (Phi) is 3.10. The van der Waals surface area contributed by atoms with Crippen LogP contribution in [0.2, 0.25) is 0 Å². The fourth-order valence-corrected chi connectivity index (χ4v) is 1.58. The van der Waals surface area contributed by atoms with Gasteiger partial charge in [0.25, 0.3) is 0 Å². The summed E-state index contributed by atoms with van der Waals surface area (Å²) >= 11 is 0. The Morgan fingerprint density at radius 2 is 1.87 bits per heavy atom. The zero-order valence-electron chi connectivity index (χ0n) is 8.43. The van der Waals surface area contributed by atoms with Crippen LogP contribution in [0.25, 0.3) is 10.8 Å². The Balaban J connectivity index is 2.42. The number of aliphatic hydroxyl groups is 1. The number of benzene rings is 2. The minimum atomic E-state index is 0.0985. The molecule has 2 rings (SSSR count). The van der Waals surface area contributed by atoms with Crippen LogP contribution in [0, 0.1) is 0 Å². The molecule has 0 fully saturated rings. The first-order valence-electron chi connectivity index (χ1n) is 5.00. The molecule has 0 aliphatic rings. The molecule has 0 unspecified atom stereocenters. The van der Waals surface area contributed by atoms with Crippen molar-refractivity contribution in [1.82, 2.24) is 0 Å². The van der Waals surface area contributed by atoms with E-state index in [4.69, 9.17) is 5.11 Å². The third-order valence-electron chi connectivity index (χ3n) is 2.28. The largest absolute Gasteiger partial charge is 0.394 e. The minimum absolute atomic E-state index is 0.0985. The van der Waals surface area contributed by atoms with Gasteiger partial charge in [0, 0.05) is 11.8 Å². The third-order valence-corrected chi connectivity index (χ3v) is 2.28. The SMILES string of the molecule is OCC/N=C/c1cccc2ccccc12. The van der Waals surface area contributed by atoms with Crippen LogP contribution < -0.4 is 0 Å². The van der Waals surface area contributed by atoms with Crippen LogP contribution in [0.4, 0.5) is 0 Å². The summed E-state index contributed by atoms with van der Waals surface area (Å²) in [6.45, 7) is 0.560. The zero-order valence-corrected chi connectivity index (χ0v) is 8.43. The second-order valence-electron chi connectivity index (χ2n) is 3.33. The van der Waals surface area contributed by atoms with E-state index in [2.05, 4.69) is 23.2 Å². The molecule has 0 aliphatic heterocycles. The van der Waals surface area contributed by atoms with Gasteiger partial charge < -0.3 is 5.11 Å². The first-order chi connectivity index (χ1) is 7.42. The van der Waals surface area contributed by atoms with Crippen molar-refractivity contribution in [3.8, 4) is 0 Å². The maximum absolute atomic E-state index is 8.64. The molecule has 2 nitrogen and oxygen atoms in total. The standard InChI is InChI=1S/C13H13NO/c15-9-8-14-10-12-6-3-5-11-4-1-2-7-13(11)12/h1-7,10,15H,8-9H2/b14-10+. The lowest BCUT2D eigenvalue weighted by atomic mass is 10.1. The molecule has 2 aromatic rings. The zero-order chi connectivity index (χ0) is 10.5. The van der Waals surface area contributed by atoms with Gasteiger partial charge in [-0.05, 0) is 10.8 Å². The smallest absolute Gasteiger partial charge is 0.0626 e. The van der Waals surface area contributed by atoms with Crippen LogP contribution in [0.3, 0.4) is 0 Å². The highest BCUT2D eigenvalue weighted by Gasteiger charge is 1.95. The molecule has 0 bridgehead atoms. The van der Waals surface area contributed by atoms with E-state index in [-0.39, 0.29) is 6.61 Å². The van der Waals surface area contributed by atoms with E-state index in [9.17, 15) is 0 Å². The summed E-state index contributed by atoms with van der Waals surface area (Å²) in [6, 6.07) is 14.3. The van der Waals surface area contributed by atoms with Crippen molar-refractivity contribution in [2.75, 3.05) is 13.2 Å². The molecule has 2 aromatic carbocycles. The monoisotopic (exact) mass is 199 g/mol. The fraction of sp³-hybridized carbons (Fsp3) is 0.154. The first-order valence-corrected chi connectivity index (χ1v) is 5.00. The molecular formula is C13H13NO. The highest BCUT2D eigenvalue weighted by Crippen LogP contribution is 2.16. The van der Waals surface area contributed by atoms with E-state index in [1.807, 2.05) is 30.5 Å². The van der Waals surface area contributed by atoms with Gasteiger partial charge in [-0.2, -0.15) is 0 Å². The molecule has 0 atom stereocenters. The molecular weight excluding hydrogens is 186 g/mol. The van der Waals surface area contributed by atoms with Crippen molar-refractivity contribution in [1.29, 1.82) is 0 Å². The van der Waals surface area contributed by atoms with E-state index in [0.717, 1.165) is 5.56 Å². The highest BCUT2D eigenvalue weighted by molar-refractivity contribution is 5.99. The van der Waals surface area contributed by atoms with Crippen LogP contribution >= 0.6 is 0 Å². The van der Waals surface area contributed by atoms with Crippen LogP contribution in [-0.4, -0.2) is 24.5 Å². The summed E-state index contributed by atoms with van der Waals surface area (Å²) in [5.41, 5.74) is 1.10. The summed E-state index contributed by atoms with van der Waals surface area (Å²) < 4.78 is 0. The summed E-state index contributed by atoms with van der Waals surface area (Å²) in [6.07, 6.45) is 1.82. The Morgan fingerprint density at radius 3 is 2.73 bits per heavy atom. The van der Waals surface area contributed by atoms with Crippen molar-refractivity contribution in [2.45, 2.75) is 0 Å². The number of nitrogens with zero attached hydrogens (tertiary/aromatic N) is 1. The van der Waals surface area contributed by atoms with Gasteiger partial charge in [-0.3, -0.25) is 4.99 Å². The summed E-state index contributed by atoms with van der Waals surface area (Å²) in [4.78, 5) is 4.14. The summed E-state index contributed by atoms with van der Waals surface area (Å²) in [7, 11) is 0. The number of hydrogen-bond donors (Lipinski definition) is 1. The molecule has 0 saturated carbocycles. The summed E-state index contributed by atoms with van der Waals surface area (Å²) in [5, 5.41) is 11.1. The van der Waals surface area contributed by atoms with E-state index >= 15 is 0 Å². The van der Waals surface area contributed by atoms with Gasteiger partial charge in [-0.25, -0.2) is 0 Å². The van der Waals surface area contributed by atoms with Gasteiger partial charge in [0.2, 0.25) is 0 Å². The highest BCUT2D eigenvalue weighted by atomic mass is 16.3. The third kappa shape index (κ3) is 2.22. The number of aliphatic imine (C=N–C) groups is 1. The van der Waals surface area contributed by atoms with Crippen molar-refractivity contribution in [3.63, 3.8) is 0 Å². The molecule has 15 heavy (non-hydrogen) atoms. The molecule has 0 aromatic heterocycles. The van der Waals surface area contributed by atoms with Crippen LogP contribution in [0.5, 0.6) is 0 Å². The Morgan fingerprint density at radius 1 is 1.07 bits per heavy atom. The normalized spacial score (nSPS) is 11.3. The molecule has 0 heterocycles. The molecule has 1 N–H and O–H groups in total. The topological polar surface area (TPSA) is 32.6 Å². The predicted octanol–water partition coefficient (Wildman–Crippen LogP) is 2.25. The molecule has 0 aliphatic carbocycles. The molecule has 0 radical (unpaired) electrons. The van der Waals surface area contributed by atoms with Gasteiger partial charge in [0.05, 0.1) is 13.2 Å². The Hall–Kier alpha value is -1.67. The van der Waals surface area contributed by atoms with Gasteiger partial charge >= 0.3 is 0 Å². The van der Waals surface area contributed by atoms with E-state index in [0.29, 0.717) is 6.54 Å². The Bertz CT molecular complexity index is 471. The molecule has 76 valence electrons. The maximum atomic E-state index is 8.64. The molecule has 0 amide bonds. The van der Waals surface area contributed by atoms with Crippen molar-refractivity contribution in [3.05, 3.63) is 48.0 Å². The number of aliphatic hydroxyl groups excluding tert-OH is 1. The average molecular weight is 199 g/mol. The second-order valence-corrected chi connectivity index (χ2v) is 3.33. The van der Waals surface area contributed by atoms with Crippen molar-refractivity contribution in [2.24, 2.45) is 4.99 Å². The van der Waals surface area contributed by atoms with Crippen LogP contribution in [-0.2, 0) is 0 Å². The fourth-order valence-electron chi connectivity index (χ4n) is 1.58. The lowest BCUT2D eigenvalue weighted by Crippen LogP contribution is -1.90. The summed E-state index contributed by atoms with van der Waals surface area (Å²) in [5.74, 6) is 0. The van der Waals surface area contributed by atoms with Crippen molar-refractivity contribution < 1.29 is 5.11 Å². The molecule has 0 saturated heterocycles. The van der Waals surface area contributed by atoms with Gasteiger partial charge in [0.1, 0.15) is 0 Å². The van der Waals surface area contributed by atoms with Gasteiger partial charge in [-0.15, -0.1) is 0 Å². The van der Waals surface area contributed by atoms with Crippen LogP contribution in [0.15, 0.2) is 47.5 Å². The van der Waals surface area contributed by atoms with Crippen LogP contribution in [0.1, 0.15) is 5.56 Å². The molecule has 0 spiro atoms. The maximum Gasteiger partial charge on any atom is 0.0626 e. The number of hydrogen-bond acceptors (Lipinski definition) is 2.